The van der Waals surface area contributed by atoms with E-state index in [0.29, 0.717) is 12.2 Å². The Labute approximate surface area is 113 Å². The molecule has 0 unspecified atom stereocenters. The quantitative estimate of drug-likeness (QED) is 0.867. The molecule has 2 aromatic carbocycles. The van der Waals surface area contributed by atoms with E-state index in [1.165, 1.54) is 0 Å². The van der Waals surface area contributed by atoms with Crippen LogP contribution in [0.1, 0.15) is 17.0 Å². The number of phenolic OH excluding ortho intramolecular Hbond substituents is 1. The molecule has 3 nitrogen and oxygen atoms in total. The fourth-order valence-electron chi connectivity index (χ4n) is 2.12. The lowest BCUT2D eigenvalue weighted by Gasteiger charge is -2.16. The van der Waals surface area contributed by atoms with E-state index >= 15 is 0 Å². The Hall–Kier alpha value is -2.00. The summed E-state index contributed by atoms with van der Waals surface area (Å²) >= 11 is 0. The van der Waals surface area contributed by atoms with Gasteiger partial charge in [-0.05, 0) is 23.6 Å². The topological polar surface area (TPSA) is 49.7 Å². The first-order valence-corrected chi connectivity index (χ1v) is 6.26. The molecular weight excluding hydrogens is 240 g/mol. The van der Waals surface area contributed by atoms with Gasteiger partial charge in [0.1, 0.15) is 11.5 Å². The number of rotatable bonds is 5. The van der Waals surface area contributed by atoms with Crippen molar-refractivity contribution in [2.45, 2.75) is 12.3 Å². The van der Waals surface area contributed by atoms with Gasteiger partial charge >= 0.3 is 0 Å². The minimum absolute atomic E-state index is 0.0134. The van der Waals surface area contributed by atoms with Crippen LogP contribution in [0.25, 0.3) is 0 Å². The van der Waals surface area contributed by atoms with Crippen LogP contribution in [-0.4, -0.2) is 23.9 Å². The van der Waals surface area contributed by atoms with Gasteiger partial charge in [0.15, 0.2) is 0 Å². The van der Waals surface area contributed by atoms with E-state index in [2.05, 4.69) is 0 Å². The fourth-order valence-corrected chi connectivity index (χ4v) is 2.12. The SMILES string of the molecule is COc1ccc(C[C@@H](CO)c2ccccc2)c(O)c1. The molecule has 2 rings (SSSR count). The Bertz CT molecular complexity index is 523. The van der Waals surface area contributed by atoms with E-state index in [1.54, 1.807) is 13.2 Å². The summed E-state index contributed by atoms with van der Waals surface area (Å²) in [5.74, 6) is 0.815. The molecule has 0 fully saturated rings. The Morgan fingerprint density at radius 2 is 1.84 bits per heavy atom. The molecule has 0 saturated carbocycles. The highest BCUT2D eigenvalue weighted by atomic mass is 16.5. The molecule has 2 aromatic rings. The largest absolute Gasteiger partial charge is 0.508 e. The summed E-state index contributed by atoms with van der Waals surface area (Å²) in [6.45, 7) is 0.0511. The smallest absolute Gasteiger partial charge is 0.122 e. The number of methoxy groups -OCH3 is 1. The van der Waals surface area contributed by atoms with Gasteiger partial charge in [0, 0.05) is 12.0 Å². The van der Waals surface area contributed by atoms with Crippen molar-refractivity contribution in [3.63, 3.8) is 0 Å². The summed E-state index contributed by atoms with van der Waals surface area (Å²) in [5, 5.41) is 19.5. The second kappa shape index (κ2) is 6.25. The third kappa shape index (κ3) is 3.26. The zero-order chi connectivity index (χ0) is 13.7. The summed E-state index contributed by atoms with van der Waals surface area (Å²) in [5.41, 5.74) is 1.88. The van der Waals surface area contributed by atoms with Gasteiger partial charge in [-0.25, -0.2) is 0 Å². The van der Waals surface area contributed by atoms with Crippen molar-refractivity contribution in [3.8, 4) is 11.5 Å². The fraction of sp³-hybridized carbons (Fsp3) is 0.250. The lowest BCUT2D eigenvalue weighted by Crippen LogP contribution is -2.07. The van der Waals surface area contributed by atoms with Crippen molar-refractivity contribution in [1.29, 1.82) is 0 Å². The van der Waals surface area contributed by atoms with Crippen LogP contribution in [0.4, 0.5) is 0 Å². The maximum Gasteiger partial charge on any atom is 0.122 e. The first kappa shape index (κ1) is 13.4. The third-order valence-electron chi connectivity index (χ3n) is 3.25. The molecular formula is C16H18O3. The zero-order valence-electron chi connectivity index (χ0n) is 10.9. The van der Waals surface area contributed by atoms with E-state index in [1.807, 2.05) is 42.5 Å². The van der Waals surface area contributed by atoms with Crippen LogP contribution in [0.3, 0.4) is 0 Å². The predicted octanol–water partition coefficient (Wildman–Crippen LogP) is 2.72. The average Bonchev–Trinajstić information content (AvgIpc) is 2.47. The summed E-state index contributed by atoms with van der Waals surface area (Å²) < 4.78 is 5.06. The second-order valence-electron chi connectivity index (χ2n) is 4.49. The molecule has 0 saturated heterocycles. The Kier molecular flexibility index (Phi) is 4.42. The molecule has 0 radical (unpaired) electrons. The number of aromatic hydroxyl groups is 1. The molecule has 2 N–H and O–H groups in total. The normalized spacial score (nSPS) is 12.1. The molecule has 19 heavy (non-hydrogen) atoms. The van der Waals surface area contributed by atoms with Crippen molar-refractivity contribution in [2.75, 3.05) is 13.7 Å². The van der Waals surface area contributed by atoms with Crippen LogP contribution in [0.2, 0.25) is 0 Å². The number of aliphatic hydroxyl groups excluding tert-OH is 1. The third-order valence-corrected chi connectivity index (χ3v) is 3.25. The van der Waals surface area contributed by atoms with Gasteiger partial charge < -0.3 is 14.9 Å². The number of ether oxygens (including phenoxy) is 1. The lowest BCUT2D eigenvalue weighted by molar-refractivity contribution is 0.263. The van der Waals surface area contributed by atoms with Crippen molar-refractivity contribution < 1.29 is 14.9 Å². The minimum Gasteiger partial charge on any atom is -0.508 e. The molecule has 0 aliphatic rings. The van der Waals surface area contributed by atoms with E-state index < -0.39 is 0 Å². The average molecular weight is 258 g/mol. The van der Waals surface area contributed by atoms with Crippen LogP contribution < -0.4 is 4.74 Å². The number of hydrogen-bond acceptors (Lipinski definition) is 3. The Balaban J connectivity index is 2.19. The molecule has 0 aliphatic heterocycles. The van der Waals surface area contributed by atoms with Gasteiger partial charge in [-0.2, -0.15) is 0 Å². The van der Waals surface area contributed by atoms with Gasteiger partial charge in [0.2, 0.25) is 0 Å². The number of phenols is 1. The van der Waals surface area contributed by atoms with E-state index in [0.717, 1.165) is 11.1 Å². The highest BCUT2D eigenvalue weighted by Gasteiger charge is 2.13. The maximum absolute atomic E-state index is 9.95. The van der Waals surface area contributed by atoms with Crippen molar-refractivity contribution >= 4 is 0 Å². The highest BCUT2D eigenvalue weighted by molar-refractivity contribution is 5.40. The Morgan fingerprint density at radius 3 is 2.42 bits per heavy atom. The molecule has 1 atom stereocenters. The summed E-state index contributed by atoms with van der Waals surface area (Å²) in [6, 6.07) is 15.1. The number of aliphatic hydroxyl groups is 1. The van der Waals surface area contributed by atoms with Gasteiger partial charge in [-0.15, -0.1) is 0 Å². The zero-order valence-corrected chi connectivity index (χ0v) is 10.9. The standard InChI is InChI=1S/C16H18O3/c1-19-15-8-7-13(16(18)10-15)9-14(11-17)12-5-3-2-4-6-12/h2-8,10,14,17-18H,9,11H2,1H3/t14-/m0/s1. The predicted molar refractivity (Wildman–Crippen MR) is 74.6 cm³/mol. The summed E-state index contributed by atoms with van der Waals surface area (Å²) in [6.07, 6.45) is 0.594. The lowest BCUT2D eigenvalue weighted by atomic mass is 9.92. The number of hydrogen-bond donors (Lipinski definition) is 2. The summed E-state index contributed by atoms with van der Waals surface area (Å²) in [4.78, 5) is 0. The Morgan fingerprint density at radius 1 is 1.11 bits per heavy atom. The van der Waals surface area contributed by atoms with Crippen molar-refractivity contribution in [2.24, 2.45) is 0 Å². The van der Waals surface area contributed by atoms with Gasteiger partial charge in [-0.1, -0.05) is 36.4 Å². The molecule has 0 aromatic heterocycles. The van der Waals surface area contributed by atoms with Crippen LogP contribution in [0.5, 0.6) is 11.5 Å². The first-order valence-electron chi connectivity index (χ1n) is 6.26. The molecule has 100 valence electrons. The van der Waals surface area contributed by atoms with Gasteiger partial charge in [0.25, 0.3) is 0 Å². The molecule has 0 heterocycles. The molecule has 3 heteroatoms. The van der Waals surface area contributed by atoms with Crippen molar-refractivity contribution in [3.05, 3.63) is 59.7 Å². The van der Waals surface area contributed by atoms with E-state index in [4.69, 9.17) is 4.74 Å². The van der Waals surface area contributed by atoms with Gasteiger partial charge in [-0.3, -0.25) is 0 Å². The monoisotopic (exact) mass is 258 g/mol. The molecule has 0 bridgehead atoms. The number of benzene rings is 2. The second-order valence-corrected chi connectivity index (χ2v) is 4.49. The summed E-state index contributed by atoms with van der Waals surface area (Å²) in [7, 11) is 1.56. The molecule has 0 spiro atoms. The van der Waals surface area contributed by atoms with E-state index in [9.17, 15) is 10.2 Å². The van der Waals surface area contributed by atoms with Crippen LogP contribution in [0, 0.1) is 0 Å². The molecule has 0 aliphatic carbocycles. The van der Waals surface area contributed by atoms with Crippen LogP contribution in [-0.2, 0) is 6.42 Å². The highest BCUT2D eigenvalue weighted by Crippen LogP contribution is 2.28. The molecule has 0 amide bonds. The minimum atomic E-state index is -0.0134. The van der Waals surface area contributed by atoms with E-state index in [-0.39, 0.29) is 18.3 Å². The van der Waals surface area contributed by atoms with Crippen molar-refractivity contribution in [1.82, 2.24) is 0 Å². The first-order chi connectivity index (χ1) is 9.24. The van der Waals surface area contributed by atoms with Crippen LogP contribution in [0.15, 0.2) is 48.5 Å². The van der Waals surface area contributed by atoms with Gasteiger partial charge in [0.05, 0.1) is 13.7 Å². The van der Waals surface area contributed by atoms with Crippen LogP contribution >= 0.6 is 0 Å². The maximum atomic E-state index is 9.95.